The topological polar surface area (TPSA) is 79.9 Å². The molecule has 0 bridgehead atoms. The van der Waals surface area contributed by atoms with Gasteiger partial charge < -0.3 is 10.2 Å². The molecule has 5 nitrogen and oxygen atoms in total. The van der Waals surface area contributed by atoms with Crippen LogP contribution in [0.25, 0.3) is 6.08 Å². The third kappa shape index (κ3) is 4.47. The summed E-state index contributed by atoms with van der Waals surface area (Å²) in [6.45, 7) is 1.82. The van der Waals surface area contributed by atoms with E-state index in [2.05, 4.69) is 16.3 Å². The molecule has 0 radical (unpaired) electrons. The Kier molecular flexibility index (Phi) is 6.34. The Bertz CT molecular complexity index is 1120. The van der Waals surface area contributed by atoms with Crippen molar-refractivity contribution in [3.63, 3.8) is 0 Å². The summed E-state index contributed by atoms with van der Waals surface area (Å²) in [5, 5.41) is 22.2. The second-order valence-corrected chi connectivity index (χ2v) is 9.01. The van der Waals surface area contributed by atoms with Crippen molar-refractivity contribution < 1.29 is 9.18 Å². The molecule has 0 spiro atoms. The minimum atomic E-state index is -0.628. The average Bonchev–Trinajstić information content (AvgIpc) is 3.15. The molecule has 2 heterocycles. The van der Waals surface area contributed by atoms with Gasteiger partial charge in [-0.25, -0.2) is 4.39 Å². The molecule has 1 aromatic heterocycles. The summed E-state index contributed by atoms with van der Waals surface area (Å²) in [5.41, 5.74) is 2.32. The molecule has 1 fully saturated rings. The molecule has 1 amide bonds. The van der Waals surface area contributed by atoms with Crippen LogP contribution in [-0.2, 0) is 17.6 Å². The van der Waals surface area contributed by atoms with E-state index < -0.39 is 11.7 Å². The highest BCUT2D eigenvalue weighted by Crippen LogP contribution is 2.37. The summed E-state index contributed by atoms with van der Waals surface area (Å²) in [7, 11) is 0. The lowest BCUT2D eigenvalue weighted by Gasteiger charge is -2.28. The maximum Gasteiger partial charge on any atom is 0.266 e. The zero-order valence-corrected chi connectivity index (χ0v) is 18.0. The summed E-state index contributed by atoms with van der Waals surface area (Å²) in [6.07, 6.45) is 8.49. The standard InChI is InChI=1S/C24H23FN4OS/c25-21-13-18(29-10-4-1-5-11-29)9-8-16(21)12-17(14-26)23(30)28-24-20(15-27)19-6-2-3-7-22(19)31-24/h8-9,12-13H,1-7,10-11H2,(H,28,30)/b17-12+. The molecule has 158 valence electrons. The Morgan fingerprint density at radius 1 is 1.13 bits per heavy atom. The Morgan fingerprint density at radius 2 is 1.90 bits per heavy atom. The van der Waals surface area contributed by atoms with Gasteiger partial charge in [0, 0.05) is 29.2 Å². The lowest BCUT2D eigenvalue weighted by atomic mass is 9.96. The van der Waals surface area contributed by atoms with Gasteiger partial charge in [0.25, 0.3) is 5.91 Å². The van der Waals surface area contributed by atoms with E-state index >= 15 is 0 Å². The highest BCUT2D eigenvalue weighted by atomic mass is 32.1. The molecule has 0 atom stereocenters. The number of anilines is 2. The fourth-order valence-electron chi connectivity index (χ4n) is 4.23. The van der Waals surface area contributed by atoms with Gasteiger partial charge >= 0.3 is 0 Å². The molecule has 4 rings (SSSR count). The van der Waals surface area contributed by atoms with Gasteiger partial charge in [-0.15, -0.1) is 11.3 Å². The van der Waals surface area contributed by atoms with Crippen LogP contribution in [0.3, 0.4) is 0 Å². The van der Waals surface area contributed by atoms with Crippen molar-refractivity contribution in [2.24, 2.45) is 0 Å². The number of nitrogens with zero attached hydrogens (tertiary/aromatic N) is 3. The second kappa shape index (κ2) is 9.32. The summed E-state index contributed by atoms with van der Waals surface area (Å²) in [6, 6.07) is 8.96. The molecule has 1 saturated heterocycles. The summed E-state index contributed by atoms with van der Waals surface area (Å²) in [4.78, 5) is 16.0. The first kappa shape index (κ1) is 21.1. The van der Waals surface area contributed by atoms with Gasteiger partial charge in [-0.05, 0) is 74.8 Å². The van der Waals surface area contributed by atoms with Crippen LogP contribution in [-0.4, -0.2) is 19.0 Å². The van der Waals surface area contributed by atoms with Gasteiger partial charge in [0.2, 0.25) is 0 Å². The number of halogens is 1. The lowest BCUT2D eigenvalue weighted by molar-refractivity contribution is -0.112. The van der Waals surface area contributed by atoms with Crippen LogP contribution in [0.5, 0.6) is 0 Å². The molecule has 7 heteroatoms. The fraction of sp³-hybridized carbons (Fsp3) is 0.375. The largest absolute Gasteiger partial charge is 0.371 e. The Balaban J connectivity index is 1.55. The Hall–Kier alpha value is -3.16. The number of carbonyl (C=O) groups excluding carboxylic acids is 1. The number of benzene rings is 1. The van der Waals surface area contributed by atoms with Gasteiger partial charge in [-0.3, -0.25) is 4.79 Å². The van der Waals surface area contributed by atoms with Crippen LogP contribution in [0.2, 0.25) is 0 Å². The van der Waals surface area contributed by atoms with E-state index in [1.807, 2.05) is 12.1 Å². The SMILES string of the molecule is N#C/C(=C\c1ccc(N2CCCCC2)cc1F)C(=O)Nc1sc2c(c1C#N)CCCC2. The van der Waals surface area contributed by atoms with E-state index in [0.29, 0.717) is 10.6 Å². The van der Waals surface area contributed by atoms with Crippen molar-refractivity contribution in [3.05, 3.63) is 51.2 Å². The number of thiophene rings is 1. The van der Waals surface area contributed by atoms with Crippen LogP contribution >= 0.6 is 11.3 Å². The quantitative estimate of drug-likeness (QED) is 0.532. The van der Waals surface area contributed by atoms with Crippen LogP contribution in [0, 0.1) is 28.5 Å². The number of piperidine rings is 1. The van der Waals surface area contributed by atoms with Crippen molar-refractivity contribution in [2.45, 2.75) is 44.9 Å². The Labute approximate surface area is 185 Å². The van der Waals surface area contributed by atoms with E-state index in [9.17, 15) is 19.7 Å². The molecular weight excluding hydrogens is 411 g/mol. The molecule has 1 aromatic carbocycles. The predicted molar refractivity (Wildman–Crippen MR) is 120 cm³/mol. The zero-order chi connectivity index (χ0) is 21.8. The fourth-order valence-corrected chi connectivity index (χ4v) is 5.46. The minimum absolute atomic E-state index is 0.193. The predicted octanol–water partition coefficient (Wildman–Crippen LogP) is 5.17. The zero-order valence-electron chi connectivity index (χ0n) is 17.2. The highest BCUT2D eigenvalue weighted by molar-refractivity contribution is 7.16. The van der Waals surface area contributed by atoms with Crippen LogP contribution < -0.4 is 10.2 Å². The maximum absolute atomic E-state index is 14.7. The first-order valence-corrected chi connectivity index (χ1v) is 11.4. The first-order chi connectivity index (χ1) is 15.1. The number of amides is 1. The van der Waals surface area contributed by atoms with E-state index in [1.54, 1.807) is 6.07 Å². The van der Waals surface area contributed by atoms with Crippen molar-refractivity contribution >= 4 is 34.0 Å². The normalized spacial score (nSPS) is 16.2. The number of carbonyl (C=O) groups is 1. The minimum Gasteiger partial charge on any atom is -0.371 e. The molecule has 1 aliphatic carbocycles. The van der Waals surface area contributed by atoms with Crippen molar-refractivity contribution in [1.82, 2.24) is 0 Å². The van der Waals surface area contributed by atoms with Gasteiger partial charge in [0.05, 0.1) is 5.56 Å². The van der Waals surface area contributed by atoms with Crippen molar-refractivity contribution in [2.75, 3.05) is 23.3 Å². The molecule has 1 aliphatic heterocycles. The van der Waals surface area contributed by atoms with Crippen LogP contribution in [0.15, 0.2) is 23.8 Å². The van der Waals surface area contributed by atoms with Crippen molar-refractivity contribution in [1.29, 1.82) is 10.5 Å². The van der Waals surface area contributed by atoms with Crippen molar-refractivity contribution in [3.8, 4) is 12.1 Å². The molecule has 2 aliphatic rings. The maximum atomic E-state index is 14.7. The van der Waals surface area contributed by atoms with Gasteiger partial charge in [0.15, 0.2) is 0 Å². The first-order valence-electron chi connectivity index (χ1n) is 10.6. The number of fused-ring (bicyclic) bond motifs is 1. The van der Waals surface area contributed by atoms with E-state index in [4.69, 9.17) is 0 Å². The third-order valence-electron chi connectivity index (χ3n) is 5.88. The van der Waals surface area contributed by atoms with Crippen LogP contribution in [0.4, 0.5) is 15.1 Å². The lowest BCUT2D eigenvalue weighted by Crippen LogP contribution is -2.29. The highest BCUT2D eigenvalue weighted by Gasteiger charge is 2.23. The van der Waals surface area contributed by atoms with Crippen LogP contribution in [0.1, 0.15) is 53.7 Å². The molecule has 0 unspecified atom stereocenters. The third-order valence-corrected chi connectivity index (χ3v) is 7.09. The number of aryl methyl sites for hydroxylation is 1. The molecule has 2 aromatic rings. The van der Waals surface area contributed by atoms with E-state index in [1.165, 1.54) is 29.9 Å². The van der Waals surface area contributed by atoms with E-state index in [0.717, 1.165) is 67.7 Å². The summed E-state index contributed by atoms with van der Waals surface area (Å²) >= 11 is 1.40. The second-order valence-electron chi connectivity index (χ2n) is 7.90. The summed E-state index contributed by atoms with van der Waals surface area (Å²) < 4.78 is 14.7. The molecule has 1 N–H and O–H groups in total. The van der Waals surface area contributed by atoms with Gasteiger partial charge in [-0.2, -0.15) is 10.5 Å². The van der Waals surface area contributed by atoms with E-state index in [-0.39, 0.29) is 11.1 Å². The number of hydrogen-bond acceptors (Lipinski definition) is 5. The smallest absolute Gasteiger partial charge is 0.266 e. The number of rotatable bonds is 4. The van der Waals surface area contributed by atoms with Gasteiger partial charge in [0.1, 0.15) is 28.5 Å². The monoisotopic (exact) mass is 434 g/mol. The summed E-state index contributed by atoms with van der Waals surface area (Å²) in [5.74, 6) is -1.09. The molecule has 0 saturated carbocycles. The molecular formula is C24H23FN4OS. The Morgan fingerprint density at radius 3 is 2.61 bits per heavy atom. The number of hydrogen-bond donors (Lipinski definition) is 1. The number of nitriles is 2. The van der Waals surface area contributed by atoms with Gasteiger partial charge in [-0.1, -0.05) is 0 Å². The number of nitrogens with one attached hydrogen (secondary N) is 1. The average molecular weight is 435 g/mol. The molecule has 31 heavy (non-hydrogen) atoms.